The molecule has 0 aliphatic carbocycles. The van der Waals surface area contributed by atoms with E-state index in [2.05, 4.69) is 0 Å². The van der Waals surface area contributed by atoms with Crippen LogP contribution in [-0.4, -0.2) is 152 Å². The van der Waals surface area contributed by atoms with Gasteiger partial charge in [0.1, 0.15) is 0 Å². The molecule has 0 aliphatic rings. The van der Waals surface area contributed by atoms with E-state index in [0.717, 1.165) is 30.6 Å². The van der Waals surface area contributed by atoms with Crippen LogP contribution in [0.5, 0.6) is 0 Å². The van der Waals surface area contributed by atoms with Crippen LogP contribution in [0.2, 0.25) is 0 Å². The van der Waals surface area contributed by atoms with Crippen molar-refractivity contribution in [2.75, 3.05) is 39.3 Å². The quantitative estimate of drug-likeness (QED) is 0.215. The summed E-state index contributed by atoms with van der Waals surface area (Å²) in [4.78, 5) is 70.4. The first-order chi connectivity index (χ1) is 14.4. The summed E-state index contributed by atoms with van der Waals surface area (Å²) in [6.45, 7) is -0.00110. The Morgan fingerprint density at radius 3 is 0.706 bits per heavy atom. The minimum atomic E-state index is -1.53. The van der Waals surface area contributed by atoms with Gasteiger partial charge in [0, 0.05) is 60.0 Å². The molecule has 0 unspecified atom stereocenters. The number of nitrogens with zero attached hydrogens (tertiary/aromatic N) is 2. The summed E-state index contributed by atoms with van der Waals surface area (Å²) >= 11 is 0. The molecule has 0 spiro atoms. The van der Waals surface area contributed by atoms with Crippen molar-refractivity contribution in [3.63, 3.8) is 0 Å². The molecule has 3 N–H and O–H groups in total. The van der Waals surface area contributed by atoms with E-state index in [4.69, 9.17) is 29.7 Å². The van der Waals surface area contributed by atoms with Gasteiger partial charge in [0.2, 0.25) is 0 Å². The van der Waals surface area contributed by atoms with Gasteiger partial charge in [-0.3, -0.25) is 24.2 Å². The molecule has 34 heavy (non-hydrogen) atoms. The number of rotatable bonds is 11. The summed E-state index contributed by atoms with van der Waals surface area (Å²) in [5, 5.41) is 63.9. The SMILES string of the molecule is CC(=O)O.CC(=O)O.CC(=O)O.O=C([O-])CN(CCN(CC(=O)[O-])CC(=O)[O-])CC(=O)[O-].[Mg+2].[Mg+2]. The molecule has 0 aromatic rings. The van der Waals surface area contributed by atoms with Crippen molar-refractivity contribution in [1.82, 2.24) is 9.80 Å². The van der Waals surface area contributed by atoms with Crippen molar-refractivity contribution < 1.29 is 69.3 Å². The van der Waals surface area contributed by atoms with Gasteiger partial charge in [-0.1, -0.05) is 0 Å². The van der Waals surface area contributed by atoms with Crippen LogP contribution < -0.4 is 20.4 Å². The predicted molar refractivity (Wildman–Crippen MR) is 104 cm³/mol. The summed E-state index contributed by atoms with van der Waals surface area (Å²) in [5.74, 6) is -8.62. The predicted octanol–water partition coefficient (Wildman–Crippen LogP) is -7.90. The number of carboxylic acids is 7. The van der Waals surface area contributed by atoms with Gasteiger partial charge in [0.25, 0.3) is 17.9 Å². The van der Waals surface area contributed by atoms with E-state index in [1.165, 1.54) is 0 Å². The summed E-state index contributed by atoms with van der Waals surface area (Å²) < 4.78 is 0. The zero-order chi connectivity index (χ0) is 26.4. The van der Waals surface area contributed by atoms with Crippen molar-refractivity contribution in [2.45, 2.75) is 20.8 Å². The van der Waals surface area contributed by atoms with Crippen LogP contribution >= 0.6 is 0 Å². The van der Waals surface area contributed by atoms with Crippen LogP contribution in [0.15, 0.2) is 0 Å². The minimum Gasteiger partial charge on any atom is -0.549 e. The van der Waals surface area contributed by atoms with E-state index in [1.807, 2.05) is 0 Å². The minimum absolute atomic E-state index is 0. The normalized spacial score (nSPS) is 8.50. The maximum atomic E-state index is 10.4. The van der Waals surface area contributed by atoms with E-state index in [9.17, 15) is 39.6 Å². The monoisotopic (exact) mass is 516 g/mol. The molecule has 0 bridgehead atoms. The molecule has 0 aromatic heterocycles. The second kappa shape index (κ2) is 28.8. The molecule has 18 heteroatoms. The molecule has 0 atom stereocenters. The van der Waals surface area contributed by atoms with E-state index in [0.29, 0.717) is 0 Å². The maximum Gasteiger partial charge on any atom is 2.00 e. The first kappa shape index (κ1) is 45.3. The Morgan fingerprint density at radius 2 is 0.618 bits per heavy atom. The Morgan fingerprint density at radius 1 is 0.500 bits per heavy atom. The smallest absolute Gasteiger partial charge is 0.549 e. The summed E-state index contributed by atoms with van der Waals surface area (Å²) in [6, 6.07) is 0. The Balaban J connectivity index is -0.000000116. The zero-order valence-electron chi connectivity index (χ0n) is 18.9. The largest absolute Gasteiger partial charge is 2.00 e. The van der Waals surface area contributed by atoms with Crippen molar-refractivity contribution in [2.24, 2.45) is 0 Å². The van der Waals surface area contributed by atoms with Gasteiger partial charge in [-0.15, -0.1) is 0 Å². The fraction of sp³-hybridized carbons (Fsp3) is 0.562. The Labute approximate surface area is 226 Å². The van der Waals surface area contributed by atoms with Crippen molar-refractivity contribution >= 4 is 87.9 Å². The summed E-state index contributed by atoms with van der Waals surface area (Å²) in [5.41, 5.74) is 0. The number of carbonyl (C=O) groups is 7. The zero-order valence-corrected chi connectivity index (χ0v) is 21.7. The fourth-order valence-electron chi connectivity index (χ4n) is 1.44. The van der Waals surface area contributed by atoms with Gasteiger partial charge in [0.15, 0.2) is 0 Å². The van der Waals surface area contributed by atoms with Crippen LogP contribution in [0.1, 0.15) is 20.8 Å². The van der Waals surface area contributed by atoms with Crippen LogP contribution in [-0.2, 0) is 33.6 Å². The van der Waals surface area contributed by atoms with Gasteiger partial charge < -0.3 is 54.9 Å². The number of hydrogen-bond donors (Lipinski definition) is 3. The molecule has 0 rings (SSSR count). The van der Waals surface area contributed by atoms with E-state index in [1.54, 1.807) is 0 Å². The molecule has 0 saturated carbocycles. The van der Waals surface area contributed by atoms with Crippen LogP contribution in [0.25, 0.3) is 0 Å². The van der Waals surface area contributed by atoms with Crippen LogP contribution in [0.3, 0.4) is 0 Å². The molecular formula is C16H24Mg2N2O14. The summed E-state index contributed by atoms with van der Waals surface area (Å²) in [7, 11) is 0. The third-order valence-electron chi connectivity index (χ3n) is 2.14. The first-order valence-corrected chi connectivity index (χ1v) is 8.23. The van der Waals surface area contributed by atoms with Crippen molar-refractivity contribution in [1.29, 1.82) is 0 Å². The third-order valence-corrected chi connectivity index (χ3v) is 2.14. The van der Waals surface area contributed by atoms with Gasteiger partial charge in [-0.05, 0) is 0 Å². The first-order valence-electron chi connectivity index (χ1n) is 8.23. The fourth-order valence-corrected chi connectivity index (χ4v) is 1.44. The topological polar surface area (TPSA) is 279 Å². The second-order valence-electron chi connectivity index (χ2n) is 5.47. The second-order valence-corrected chi connectivity index (χ2v) is 5.47. The van der Waals surface area contributed by atoms with Gasteiger partial charge in [-0.25, -0.2) is 0 Å². The molecular weight excluding hydrogens is 493 g/mol. The Bertz CT molecular complexity index is 537. The molecule has 16 nitrogen and oxygen atoms in total. The molecule has 0 fully saturated rings. The Kier molecular flexibility index (Phi) is 38.3. The third kappa shape index (κ3) is 69.9. The molecule has 0 radical (unpaired) electrons. The molecule has 0 heterocycles. The number of carboxylic acid groups (broad SMARTS) is 7. The number of aliphatic carboxylic acids is 7. The molecule has 0 aliphatic heterocycles. The maximum absolute atomic E-state index is 10.4. The van der Waals surface area contributed by atoms with Crippen LogP contribution in [0.4, 0.5) is 0 Å². The average molecular weight is 517 g/mol. The molecule has 0 saturated heterocycles. The Hall–Kier alpha value is -2.26. The van der Waals surface area contributed by atoms with Gasteiger partial charge in [-0.2, -0.15) is 0 Å². The van der Waals surface area contributed by atoms with E-state index >= 15 is 0 Å². The van der Waals surface area contributed by atoms with Crippen LogP contribution in [0, 0.1) is 0 Å². The molecule has 186 valence electrons. The van der Waals surface area contributed by atoms with Crippen molar-refractivity contribution in [3.8, 4) is 0 Å². The summed E-state index contributed by atoms with van der Waals surface area (Å²) in [6.07, 6.45) is 0. The average Bonchev–Trinajstić information content (AvgIpc) is 2.48. The standard InChI is InChI=1S/C10H16N2O8.3C2H4O2.2Mg/c13-7(14)3-11(4-8(15)16)1-2-12(5-9(17)18)6-10(19)20;3*1-2(3)4;;/h1-6H2,(H,13,14)(H,15,16)(H,17,18)(H,19,20);3*1H3,(H,3,4);;/q;;;;2*+2/p-4. The molecule has 0 amide bonds. The number of hydrogen-bond acceptors (Lipinski definition) is 13. The van der Waals surface area contributed by atoms with Crippen molar-refractivity contribution in [3.05, 3.63) is 0 Å². The number of carbonyl (C=O) groups excluding carboxylic acids is 4. The van der Waals surface area contributed by atoms with Gasteiger partial charge in [0.05, 0.1) is 23.9 Å². The van der Waals surface area contributed by atoms with E-state index in [-0.39, 0.29) is 59.2 Å². The van der Waals surface area contributed by atoms with E-state index < -0.39 is 68.0 Å². The van der Waals surface area contributed by atoms with Gasteiger partial charge >= 0.3 is 46.1 Å². The molecule has 0 aromatic carbocycles.